The zero-order valence-corrected chi connectivity index (χ0v) is 15.2. The van der Waals surface area contributed by atoms with E-state index in [0.29, 0.717) is 19.5 Å². The summed E-state index contributed by atoms with van der Waals surface area (Å²) in [6.07, 6.45) is 6.06. The number of unbranched alkanes of at least 4 members (excludes halogenated alkanes) is 1. The van der Waals surface area contributed by atoms with E-state index >= 15 is 0 Å². The molecule has 1 aromatic carbocycles. The minimum absolute atomic E-state index is 0.338. The van der Waals surface area contributed by atoms with Gasteiger partial charge in [0, 0.05) is 45.5 Å². The van der Waals surface area contributed by atoms with E-state index in [4.69, 9.17) is 0 Å². The topological polar surface area (TPSA) is 67.2 Å². The first-order chi connectivity index (χ1) is 11.5. The first-order valence-corrected chi connectivity index (χ1v) is 9.72. The normalized spacial score (nSPS) is 12.0. The van der Waals surface area contributed by atoms with Crippen LogP contribution >= 0.6 is 0 Å². The fraction of sp³-hybridized carbons (Fsp3) is 0.471. The second kappa shape index (κ2) is 8.96. The maximum absolute atomic E-state index is 12.1. The Morgan fingerprint density at radius 3 is 2.71 bits per heavy atom. The van der Waals surface area contributed by atoms with Crippen LogP contribution in [0.1, 0.15) is 31.2 Å². The van der Waals surface area contributed by atoms with Crippen molar-refractivity contribution in [1.29, 1.82) is 0 Å². The smallest absolute Gasteiger partial charge is 0.279 e. The van der Waals surface area contributed by atoms with E-state index in [9.17, 15) is 8.42 Å². The zero-order valence-electron chi connectivity index (χ0n) is 14.4. The largest absolute Gasteiger partial charge is 0.330 e. The third-order valence-corrected chi connectivity index (χ3v) is 5.44. The van der Waals surface area contributed by atoms with Crippen LogP contribution in [0.3, 0.4) is 0 Å². The van der Waals surface area contributed by atoms with E-state index in [0.717, 1.165) is 25.2 Å². The van der Waals surface area contributed by atoms with Crippen molar-refractivity contribution >= 4 is 10.2 Å². The van der Waals surface area contributed by atoms with Gasteiger partial charge in [-0.05, 0) is 12.0 Å². The van der Waals surface area contributed by atoms with E-state index in [2.05, 4.69) is 21.8 Å². The maximum atomic E-state index is 12.1. The van der Waals surface area contributed by atoms with Crippen LogP contribution < -0.4 is 4.72 Å². The second-order valence-electron chi connectivity index (χ2n) is 5.78. The Labute approximate surface area is 144 Å². The van der Waals surface area contributed by atoms with Crippen molar-refractivity contribution in [3.8, 4) is 0 Å². The fourth-order valence-corrected chi connectivity index (χ4v) is 3.35. The third-order valence-electron chi connectivity index (χ3n) is 3.87. The highest BCUT2D eigenvalue weighted by atomic mass is 32.2. The molecule has 24 heavy (non-hydrogen) atoms. The highest BCUT2D eigenvalue weighted by Gasteiger charge is 2.16. The van der Waals surface area contributed by atoms with E-state index in [1.54, 1.807) is 13.2 Å². The van der Waals surface area contributed by atoms with Crippen LogP contribution in [0.15, 0.2) is 42.7 Å². The predicted octanol–water partition coefficient (Wildman–Crippen LogP) is 2.04. The van der Waals surface area contributed by atoms with Crippen molar-refractivity contribution in [2.45, 2.75) is 32.7 Å². The summed E-state index contributed by atoms with van der Waals surface area (Å²) in [6.45, 7) is 3.65. The lowest BCUT2D eigenvalue weighted by Crippen LogP contribution is -2.39. The lowest BCUT2D eigenvalue weighted by atomic mass is 10.2. The molecule has 2 aromatic rings. The lowest BCUT2D eigenvalue weighted by molar-refractivity contribution is 0.448. The number of hydrogen-bond acceptors (Lipinski definition) is 3. The average Bonchev–Trinajstić information content (AvgIpc) is 3.00. The Morgan fingerprint density at radius 1 is 1.25 bits per heavy atom. The van der Waals surface area contributed by atoms with Gasteiger partial charge in [-0.1, -0.05) is 43.7 Å². The van der Waals surface area contributed by atoms with Gasteiger partial charge in [-0.25, -0.2) is 9.71 Å². The molecule has 132 valence electrons. The average molecular weight is 350 g/mol. The number of imidazole rings is 1. The molecule has 0 aliphatic carbocycles. The molecule has 1 heterocycles. The number of benzene rings is 1. The molecular weight excluding hydrogens is 324 g/mol. The molecule has 0 saturated carbocycles. The Hall–Kier alpha value is -1.70. The number of nitrogens with zero attached hydrogens (tertiary/aromatic N) is 3. The van der Waals surface area contributed by atoms with Crippen LogP contribution in [0.2, 0.25) is 0 Å². The molecular formula is C17H26N4O2S. The zero-order chi connectivity index (χ0) is 17.4. The summed E-state index contributed by atoms with van der Waals surface area (Å²) < 4.78 is 30.3. The summed E-state index contributed by atoms with van der Waals surface area (Å²) in [5.41, 5.74) is 1.19. The predicted molar refractivity (Wildman–Crippen MR) is 95.9 cm³/mol. The molecule has 0 unspecified atom stereocenters. The van der Waals surface area contributed by atoms with Crippen molar-refractivity contribution in [2.75, 3.05) is 20.1 Å². The number of aromatic nitrogens is 2. The van der Waals surface area contributed by atoms with Gasteiger partial charge in [0.1, 0.15) is 5.82 Å². The van der Waals surface area contributed by atoms with E-state index in [1.807, 2.05) is 35.9 Å². The molecule has 1 N–H and O–H groups in total. The van der Waals surface area contributed by atoms with Gasteiger partial charge in [0.15, 0.2) is 0 Å². The molecule has 0 bridgehead atoms. The minimum atomic E-state index is -3.41. The van der Waals surface area contributed by atoms with Crippen molar-refractivity contribution in [3.05, 3.63) is 54.1 Å². The maximum Gasteiger partial charge on any atom is 0.279 e. The van der Waals surface area contributed by atoms with Gasteiger partial charge in [0.25, 0.3) is 10.2 Å². The Morgan fingerprint density at radius 2 is 2.00 bits per heavy atom. The first-order valence-electron chi connectivity index (χ1n) is 8.28. The van der Waals surface area contributed by atoms with Gasteiger partial charge >= 0.3 is 0 Å². The van der Waals surface area contributed by atoms with E-state index < -0.39 is 10.2 Å². The summed E-state index contributed by atoms with van der Waals surface area (Å²) in [5.74, 6) is 0.873. The third kappa shape index (κ3) is 5.43. The molecule has 0 saturated heterocycles. The van der Waals surface area contributed by atoms with Crippen molar-refractivity contribution in [1.82, 2.24) is 18.6 Å². The number of rotatable bonds is 10. The standard InChI is InChI=1S/C17H26N4O2S/c1-3-4-13-20(2)24(22,23)19-11-10-17-18-12-14-21(17)15-16-8-6-5-7-9-16/h5-9,12,14,19H,3-4,10-11,13,15H2,1-2H3. The Bertz CT molecular complexity index is 713. The lowest BCUT2D eigenvalue weighted by Gasteiger charge is -2.17. The van der Waals surface area contributed by atoms with Gasteiger partial charge in [-0.3, -0.25) is 0 Å². The molecule has 7 heteroatoms. The molecule has 0 aliphatic heterocycles. The van der Waals surface area contributed by atoms with Crippen molar-refractivity contribution in [2.24, 2.45) is 0 Å². The fourth-order valence-electron chi connectivity index (χ4n) is 2.40. The molecule has 6 nitrogen and oxygen atoms in total. The summed E-state index contributed by atoms with van der Waals surface area (Å²) in [7, 11) is -1.81. The van der Waals surface area contributed by atoms with Gasteiger partial charge in [0.2, 0.25) is 0 Å². The van der Waals surface area contributed by atoms with Crippen LogP contribution in [0.5, 0.6) is 0 Å². The quantitative estimate of drug-likeness (QED) is 0.713. The molecule has 0 aliphatic rings. The number of hydrogen-bond donors (Lipinski definition) is 1. The molecule has 0 radical (unpaired) electrons. The highest BCUT2D eigenvalue weighted by Crippen LogP contribution is 2.06. The highest BCUT2D eigenvalue weighted by molar-refractivity contribution is 7.87. The molecule has 0 atom stereocenters. The van der Waals surface area contributed by atoms with Crippen LogP contribution in [-0.4, -0.2) is 42.4 Å². The van der Waals surface area contributed by atoms with Crippen LogP contribution in [-0.2, 0) is 23.2 Å². The first kappa shape index (κ1) is 18.6. The van der Waals surface area contributed by atoms with Crippen molar-refractivity contribution in [3.63, 3.8) is 0 Å². The Balaban J connectivity index is 1.88. The molecule has 2 rings (SSSR count). The summed E-state index contributed by atoms with van der Waals surface area (Å²) in [5, 5.41) is 0. The summed E-state index contributed by atoms with van der Waals surface area (Å²) >= 11 is 0. The second-order valence-corrected chi connectivity index (χ2v) is 7.64. The monoisotopic (exact) mass is 350 g/mol. The summed E-state index contributed by atoms with van der Waals surface area (Å²) in [4.78, 5) is 4.34. The van der Waals surface area contributed by atoms with Crippen LogP contribution in [0.25, 0.3) is 0 Å². The van der Waals surface area contributed by atoms with Crippen molar-refractivity contribution < 1.29 is 8.42 Å². The molecule has 0 spiro atoms. The SMILES string of the molecule is CCCCN(C)S(=O)(=O)NCCc1nccn1Cc1ccccc1. The minimum Gasteiger partial charge on any atom is -0.330 e. The molecule has 0 fully saturated rings. The van der Waals surface area contributed by atoms with Gasteiger partial charge in [-0.15, -0.1) is 0 Å². The van der Waals surface area contributed by atoms with Gasteiger partial charge < -0.3 is 4.57 Å². The van der Waals surface area contributed by atoms with E-state index in [1.165, 1.54) is 9.87 Å². The molecule has 0 amide bonds. The van der Waals surface area contributed by atoms with Gasteiger partial charge in [0.05, 0.1) is 0 Å². The summed E-state index contributed by atoms with van der Waals surface area (Å²) in [6, 6.07) is 10.1. The molecule has 1 aromatic heterocycles. The number of nitrogens with one attached hydrogen (secondary N) is 1. The Kier molecular flexibility index (Phi) is 6.96. The van der Waals surface area contributed by atoms with Crippen LogP contribution in [0.4, 0.5) is 0 Å². The van der Waals surface area contributed by atoms with Crippen LogP contribution in [0, 0.1) is 0 Å². The van der Waals surface area contributed by atoms with Gasteiger partial charge in [-0.2, -0.15) is 12.7 Å². The van der Waals surface area contributed by atoms with E-state index in [-0.39, 0.29) is 0 Å².